The van der Waals surface area contributed by atoms with Crippen LogP contribution in [0.4, 0.5) is 0 Å². The minimum absolute atomic E-state index is 0.182. The van der Waals surface area contributed by atoms with E-state index in [2.05, 4.69) is 23.8 Å². The quantitative estimate of drug-likeness (QED) is 0.671. The Balaban J connectivity index is 2.19. The lowest BCUT2D eigenvalue weighted by atomic mass is 10.1. The zero-order chi connectivity index (χ0) is 11.9. The van der Waals surface area contributed by atoms with Gasteiger partial charge in [0.2, 0.25) is 5.91 Å². The van der Waals surface area contributed by atoms with Gasteiger partial charge in [0.05, 0.1) is 0 Å². The Morgan fingerprint density at radius 3 is 2.62 bits per heavy atom. The highest BCUT2D eigenvalue weighted by molar-refractivity contribution is 8.00. The highest BCUT2D eigenvalue weighted by Crippen LogP contribution is 2.39. The van der Waals surface area contributed by atoms with Gasteiger partial charge in [0, 0.05) is 24.3 Å². The molecule has 0 unspecified atom stereocenters. The van der Waals surface area contributed by atoms with E-state index in [4.69, 9.17) is 0 Å². The Morgan fingerprint density at radius 1 is 1.38 bits per heavy atom. The first kappa shape index (κ1) is 13.8. The largest absolute Gasteiger partial charge is 0.355 e. The third-order valence-electron chi connectivity index (χ3n) is 3.33. The Hall–Kier alpha value is -0.220. The Bertz CT molecular complexity index is 215. The van der Waals surface area contributed by atoms with Crippen molar-refractivity contribution in [1.82, 2.24) is 10.6 Å². The standard InChI is InChI=1S/C12H24N2OS/c1-3-13-9-6-11(15)14-10-12(16-2)7-4-5-8-12/h13H,3-10H2,1-2H3,(H,14,15). The molecular formula is C12H24N2OS. The smallest absolute Gasteiger partial charge is 0.221 e. The molecule has 4 heteroatoms. The van der Waals surface area contributed by atoms with E-state index in [9.17, 15) is 4.79 Å². The van der Waals surface area contributed by atoms with Crippen molar-refractivity contribution in [3.05, 3.63) is 0 Å². The van der Waals surface area contributed by atoms with Crippen molar-refractivity contribution >= 4 is 17.7 Å². The van der Waals surface area contributed by atoms with Gasteiger partial charge >= 0.3 is 0 Å². The van der Waals surface area contributed by atoms with Crippen LogP contribution in [0.15, 0.2) is 0 Å². The molecule has 1 aliphatic rings. The van der Waals surface area contributed by atoms with Crippen LogP contribution in [0.5, 0.6) is 0 Å². The van der Waals surface area contributed by atoms with Gasteiger partial charge in [0.15, 0.2) is 0 Å². The zero-order valence-corrected chi connectivity index (χ0v) is 11.3. The van der Waals surface area contributed by atoms with E-state index in [1.165, 1.54) is 25.7 Å². The van der Waals surface area contributed by atoms with E-state index in [0.29, 0.717) is 11.2 Å². The SMILES string of the molecule is CCNCCC(=O)NCC1(SC)CCCC1. The lowest BCUT2D eigenvalue weighted by molar-refractivity contribution is -0.121. The summed E-state index contributed by atoms with van der Waals surface area (Å²) in [4.78, 5) is 11.6. The van der Waals surface area contributed by atoms with Gasteiger partial charge in [0.1, 0.15) is 0 Å². The summed E-state index contributed by atoms with van der Waals surface area (Å²) in [6.07, 6.45) is 7.89. The fraction of sp³-hybridized carbons (Fsp3) is 0.917. The van der Waals surface area contributed by atoms with E-state index in [0.717, 1.165) is 19.6 Å². The molecule has 1 saturated carbocycles. The number of hydrogen-bond donors (Lipinski definition) is 2. The van der Waals surface area contributed by atoms with Crippen LogP contribution in [0.2, 0.25) is 0 Å². The van der Waals surface area contributed by atoms with Crippen molar-refractivity contribution in [2.45, 2.75) is 43.8 Å². The first-order valence-corrected chi connectivity index (χ1v) is 7.47. The molecule has 16 heavy (non-hydrogen) atoms. The number of hydrogen-bond acceptors (Lipinski definition) is 3. The second-order valence-electron chi connectivity index (χ2n) is 4.47. The molecule has 0 aromatic carbocycles. The summed E-state index contributed by atoms with van der Waals surface area (Å²) >= 11 is 1.92. The molecule has 0 heterocycles. The van der Waals surface area contributed by atoms with E-state index in [-0.39, 0.29) is 5.91 Å². The number of nitrogens with one attached hydrogen (secondary N) is 2. The summed E-state index contributed by atoms with van der Waals surface area (Å²) in [6.45, 7) is 4.62. The molecule has 0 saturated heterocycles. The fourth-order valence-electron chi connectivity index (χ4n) is 2.20. The number of rotatable bonds is 7. The van der Waals surface area contributed by atoms with E-state index >= 15 is 0 Å². The van der Waals surface area contributed by atoms with Crippen molar-refractivity contribution in [3.63, 3.8) is 0 Å². The monoisotopic (exact) mass is 244 g/mol. The number of amides is 1. The molecule has 0 aromatic rings. The van der Waals surface area contributed by atoms with Crippen molar-refractivity contribution in [2.24, 2.45) is 0 Å². The molecular weight excluding hydrogens is 220 g/mol. The molecule has 94 valence electrons. The first-order chi connectivity index (χ1) is 7.72. The van der Waals surface area contributed by atoms with Crippen LogP contribution < -0.4 is 10.6 Å². The maximum Gasteiger partial charge on any atom is 0.221 e. The van der Waals surface area contributed by atoms with Gasteiger partial charge in [-0.2, -0.15) is 11.8 Å². The van der Waals surface area contributed by atoms with Crippen LogP contribution >= 0.6 is 11.8 Å². The molecule has 3 nitrogen and oxygen atoms in total. The Kier molecular flexibility index (Phi) is 6.21. The zero-order valence-electron chi connectivity index (χ0n) is 10.5. The third-order valence-corrected chi connectivity index (χ3v) is 4.75. The summed E-state index contributed by atoms with van der Waals surface area (Å²) in [7, 11) is 0. The topological polar surface area (TPSA) is 41.1 Å². The maximum atomic E-state index is 11.6. The molecule has 0 atom stereocenters. The lowest BCUT2D eigenvalue weighted by Crippen LogP contribution is -2.39. The second kappa shape index (κ2) is 7.17. The molecule has 0 bridgehead atoms. The first-order valence-electron chi connectivity index (χ1n) is 6.25. The summed E-state index contributed by atoms with van der Waals surface area (Å²) in [5.41, 5.74) is 0. The van der Waals surface area contributed by atoms with Crippen LogP contribution in [-0.2, 0) is 4.79 Å². The minimum atomic E-state index is 0.182. The number of carbonyl (C=O) groups excluding carboxylic acids is 1. The molecule has 1 amide bonds. The third kappa shape index (κ3) is 4.34. The van der Waals surface area contributed by atoms with Gasteiger partial charge in [-0.1, -0.05) is 19.8 Å². The van der Waals surface area contributed by atoms with Crippen LogP contribution in [0.25, 0.3) is 0 Å². The molecule has 0 spiro atoms. The van der Waals surface area contributed by atoms with E-state index in [1.54, 1.807) is 0 Å². The predicted molar refractivity (Wildman–Crippen MR) is 70.9 cm³/mol. The van der Waals surface area contributed by atoms with Crippen LogP contribution in [0, 0.1) is 0 Å². The van der Waals surface area contributed by atoms with Gasteiger partial charge in [0.25, 0.3) is 0 Å². The lowest BCUT2D eigenvalue weighted by Gasteiger charge is -2.26. The average molecular weight is 244 g/mol. The van der Waals surface area contributed by atoms with Crippen molar-refractivity contribution in [3.8, 4) is 0 Å². The minimum Gasteiger partial charge on any atom is -0.355 e. The highest BCUT2D eigenvalue weighted by Gasteiger charge is 2.32. The molecule has 1 aliphatic carbocycles. The van der Waals surface area contributed by atoms with E-state index < -0.39 is 0 Å². The van der Waals surface area contributed by atoms with Crippen LogP contribution in [0.3, 0.4) is 0 Å². The van der Waals surface area contributed by atoms with Gasteiger partial charge in [-0.15, -0.1) is 0 Å². The van der Waals surface area contributed by atoms with Crippen molar-refractivity contribution in [2.75, 3.05) is 25.9 Å². The van der Waals surface area contributed by atoms with Crippen molar-refractivity contribution in [1.29, 1.82) is 0 Å². The van der Waals surface area contributed by atoms with E-state index in [1.807, 2.05) is 11.8 Å². The number of carbonyl (C=O) groups is 1. The number of thioether (sulfide) groups is 1. The van der Waals surface area contributed by atoms with Crippen molar-refractivity contribution < 1.29 is 4.79 Å². The maximum absolute atomic E-state index is 11.6. The molecule has 0 radical (unpaired) electrons. The summed E-state index contributed by atoms with van der Waals surface area (Å²) in [6, 6.07) is 0. The van der Waals surface area contributed by atoms with Crippen LogP contribution in [-0.4, -0.2) is 36.5 Å². The van der Waals surface area contributed by atoms with Gasteiger partial charge < -0.3 is 10.6 Å². The molecule has 1 fully saturated rings. The average Bonchev–Trinajstić information content (AvgIpc) is 2.76. The Labute approximate surface area is 103 Å². The van der Waals surface area contributed by atoms with Crippen LogP contribution in [0.1, 0.15) is 39.0 Å². The summed E-state index contributed by atoms with van der Waals surface area (Å²) in [5.74, 6) is 0.182. The molecule has 2 N–H and O–H groups in total. The Morgan fingerprint density at radius 2 is 2.06 bits per heavy atom. The molecule has 1 rings (SSSR count). The van der Waals surface area contributed by atoms with Gasteiger partial charge in [-0.25, -0.2) is 0 Å². The normalized spacial score (nSPS) is 18.6. The predicted octanol–water partition coefficient (Wildman–Crippen LogP) is 1.78. The van der Waals surface area contributed by atoms with Gasteiger partial charge in [-0.3, -0.25) is 4.79 Å². The summed E-state index contributed by atoms with van der Waals surface area (Å²) in [5, 5.41) is 6.24. The molecule has 0 aliphatic heterocycles. The summed E-state index contributed by atoms with van der Waals surface area (Å²) < 4.78 is 0.327. The highest BCUT2D eigenvalue weighted by atomic mass is 32.2. The molecule has 0 aromatic heterocycles. The second-order valence-corrected chi connectivity index (χ2v) is 5.75. The van der Waals surface area contributed by atoms with Gasteiger partial charge in [-0.05, 0) is 25.6 Å². The fourth-order valence-corrected chi connectivity index (χ4v) is 3.11.